The lowest BCUT2D eigenvalue weighted by Gasteiger charge is -2.62. The van der Waals surface area contributed by atoms with Crippen LogP contribution in [0.5, 0.6) is 0 Å². The number of ether oxygens (including phenoxy) is 2. The highest BCUT2D eigenvalue weighted by Crippen LogP contribution is 2.68. The number of hydrogen-bond acceptors (Lipinski definition) is 4. The quantitative estimate of drug-likeness (QED) is 0.384. The average molecular weight is 503 g/mol. The molecule has 5 unspecified atom stereocenters. The summed E-state index contributed by atoms with van der Waals surface area (Å²) in [6.07, 6.45) is 13.4. The number of carboxylic acids is 1. The first-order valence-electron chi connectivity index (χ1n) is 15.2. The summed E-state index contributed by atoms with van der Waals surface area (Å²) in [7, 11) is 0. The van der Waals surface area contributed by atoms with Gasteiger partial charge in [0.05, 0.1) is 6.10 Å². The third-order valence-electron chi connectivity index (χ3n) is 12.2. The maximum absolute atomic E-state index is 14.3. The van der Waals surface area contributed by atoms with Crippen molar-refractivity contribution in [1.29, 1.82) is 0 Å². The summed E-state index contributed by atoms with van der Waals surface area (Å²) in [4.78, 5) is 25.5. The Balaban J connectivity index is 1.34. The van der Waals surface area contributed by atoms with Crippen LogP contribution in [0.1, 0.15) is 111 Å². The van der Waals surface area contributed by atoms with E-state index in [1.807, 2.05) is 0 Å². The molecule has 0 radical (unpaired) electrons. The normalized spacial score (nSPS) is 47.5. The largest absolute Gasteiger partial charge is 0.481 e. The van der Waals surface area contributed by atoms with Gasteiger partial charge in [-0.1, -0.05) is 27.7 Å². The summed E-state index contributed by atoms with van der Waals surface area (Å²) in [6, 6.07) is 0. The number of carboxylic acid groups (broad SMARTS) is 1. The van der Waals surface area contributed by atoms with E-state index in [4.69, 9.17) is 9.47 Å². The number of Topliss-reactive ketones (excluding diaryl/α,β-unsaturated/α-hetero) is 1. The van der Waals surface area contributed by atoms with Gasteiger partial charge in [0.15, 0.2) is 6.29 Å². The minimum absolute atomic E-state index is 0.0471. The van der Waals surface area contributed by atoms with Crippen LogP contribution in [-0.2, 0) is 19.1 Å². The summed E-state index contributed by atoms with van der Waals surface area (Å²) in [5, 5.41) is 9.24. The van der Waals surface area contributed by atoms with Gasteiger partial charge in [0.25, 0.3) is 0 Å². The molecule has 4 saturated carbocycles. The molecule has 0 spiro atoms. The number of aliphatic carboxylic acids is 1. The maximum atomic E-state index is 14.3. The van der Waals surface area contributed by atoms with Crippen molar-refractivity contribution in [3.05, 3.63) is 0 Å². The van der Waals surface area contributed by atoms with Crippen LogP contribution in [0.2, 0.25) is 0 Å². The van der Waals surface area contributed by atoms with Crippen molar-refractivity contribution in [3.63, 3.8) is 0 Å². The van der Waals surface area contributed by atoms with Crippen LogP contribution in [0, 0.1) is 52.3 Å². The van der Waals surface area contributed by atoms with Crippen molar-refractivity contribution in [1.82, 2.24) is 0 Å². The Kier molecular flexibility index (Phi) is 7.64. The Morgan fingerprint density at radius 3 is 2.50 bits per heavy atom. The Bertz CT molecular complexity index is 820. The Hall–Kier alpha value is -0.940. The van der Waals surface area contributed by atoms with Crippen molar-refractivity contribution in [2.24, 2.45) is 52.3 Å². The van der Waals surface area contributed by atoms with E-state index in [1.54, 1.807) is 0 Å². The second-order valence-electron chi connectivity index (χ2n) is 13.7. The van der Waals surface area contributed by atoms with Crippen LogP contribution in [0.15, 0.2) is 0 Å². The van der Waals surface area contributed by atoms with Gasteiger partial charge in [-0.2, -0.15) is 0 Å². The molecule has 1 N–H and O–H groups in total. The molecule has 11 atom stereocenters. The van der Waals surface area contributed by atoms with Crippen molar-refractivity contribution in [2.75, 3.05) is 6.61 Å². The molecule has 36 heavy (non-hydrogen) atoms. The third kappa shape index (κ3) is 4.48. The molecule has 1 heterocycles. The number of hydrogen-bond donors (Lipinski definition) is 1. The molecule has 5 nitrogen and oxygen atoms in total. The number of fused-ring (bicyclic) bond motifs is 5. The van der Waals surface area contributed by atoms with E-state index in [0.717, 1.165) is 64.4 Å². The van der Waals surface area contributed by atoms with Crippen molar-refractivity contribution in [3.8, 4) is 0 Å². The van der Waals surface area contributed by atoms with Gasteiger partial charge in [-0.3, -0.25) is 9.59 Å². The molecule has 0 aromatic heterocycles. The monoisotopic (exact) mass is 502 g/mol. The van der Waals surface area contributed by atoms with Crippen molar-refractivity contribution >= 4 is 11.8 Å². The molecule has 5 rings (SSSR count). The number of carbonyl (C=O) groups is 2. The first-order chi connectivity index (χ1) is 17.2. The zero-order valence-electron chi connectivity index (χ0n) is 23.2. The van der Waals surface area contributed by atoms with Crippen LogP contribution in [0.4, 0.5) is 0 Å². The highest BCUT2D eigenvalue weighted by atomic mass is 16.7. The smallest absolute Gasteiger partial charge is 0.303 e. The second kappa shape index (κ2) is 10.3. The standard InChI is InChI=1S/C31H50O5/c1-5-21-25-18-20(36-27-8-6-7-17-35-27)13-15-31(25,4)24-14-16-30(3)22(19(2)9-12-26(32)33)10-11-23(30)28(24)29(21)34/h19-25,27-28H,5-18H2,1-4H3,(H,32,33)/t19-,20-,21?,22?,23?,24?,25+,27?,28-,30-,31-/m1/s1. The van der Waals surface area contributed by atoms with Crippen LogP contribution < -0.4 is 0 Å². The molecule has 5 heteroatoms. The summed E-state index contributed by atoms with van der Waals surface area (Å²) < 4.78 is 12.4. The minimum atomic E-state index is -0.688. The van der Waals surface area contributed by atoms with Gasteiger partial charge < -0.3 is 14.6 Å². The van der Waals surface area contributed by atoms with Crippen molar-refractivity contribution < 1.29 is 24.2 Å². The maximum Gasteiger partial charge on any atom is 0.303 e. The SMILES string of the molecule is CCC1C(=O)[C@@H]2C3CCC([C@H](C)CCC(=O)O)[C@@]3(C)CCC2[C@@]2(C)CC[C@@H](OC3CCCCO3)C[C@@H]12. The fourth-order valence-electron chi connectivity index (χ4n) is 10.3. The number of carbonyl (C=O) groups excluding carboxylic acids is 1. The van der Waals surface area contributed by atoms with Crippen LogP contribution in [-0.4, -0.2) is 35.9 Å². The van der Waals surface area contributed by atoms with Gasteiger partial charge in [0.2, 0.25) is 0 Å². The Labute approximate surface area is 218 Å². The van der Waals surface area contributed by atoms with E-state index in [2.05, 4.69) is 27.7 Å². The number of ketones is 1. The van der Waals surface area contributed by atoms with Crippen molar-refractivity contribution in [2.45, 2.75) is 124 Å². The van der Waals surface area contributed by atoms with Crippen LogP contribution >= 0.6 is 0 Å². The first-order valence-corrected chi connectivity index (χ1v) is 15.2. The van der Waals surface area contributed by atoms with Gasteiger partial charge in [-0.15, -0.1) is 0 Å². The van der Waals surface area contributed by atoms with E-state index in [1.165, 1.54) is 19.3 Å². The summed E-state index contributed by atoms with van der Waals surface area (Å²) in [5.41, 5.74) is 0.399. The highest BCUT2D eigenvalue weighted by molar-refractivity contribution is 5.86. The fraction of sp³-hybridized carbons (Fsp3) is 0.935. The molecule has 0 bridgehead atoms. The van der Waals surface area contributed by atoms with E-state index >= 15 is 0 Å². The number of rotatable bonds is 7. The van der Waals surface area contributed by atoms with Gasteiger partial charge in [-0.05, 0) is 117 Å². The molecule has 0 aromatic carbocycles. The predicted molar refractivity (Wildman–Crippen MR) is 139 cm³/mol. The molecule has 0 aromatic rings. The Morgan fingerprint density at radius 2 is 1.81 bits per heavy atom. The average Bonchev–Trinajstić information content (AvgIpc) is 3.21. The lowest BCUT2D eigenvalue weighted by atomic mass is 9.42. The molecule has 5 aliphatic rings. The minimum Gasteiger partial charge on any atom is -0.481 e. The van der Waals surface area contributed by atoms with E-state index in [9.17, 15) is 14.7 Å². The molecule has 0 amide bonds. The predicted octanol–water partition coefficient (Wildman–Crippen LogP) is 6.87. The van der Waals surface area contributed by atoms with E-state index in [0.29, 0.717) is 35.4 Å². The highest BCUT2D eigenvalue weighted by Gasteiger charge is 2.65. The first kappa shape index (κ1) is 26.7. The summed E-state index contributed by atoms with van der Waals surface area (Å²) in [6.45, 7) is 10.3. The topological polar surface area (TPSA) is 72.8 Å². The molecule has 1 aliphatic heterocycles. The summed E-state index contributed by atoms with van der Waals surface area (Å²) >= 11 is 0. The molecular formula is C31H50O5. The molecule has 5 fully saturated rings. The zero-order chi connectivity index (χ0) is 25.7. The van der Waals surface area contributed by atoms with Gasteiger partial charge in [0.1, 0.15) is 5.78 Å². The van der Waals surface area contributed by atoms with Gasteiger partial charge in [0, 0.05) is 24.9 Å². The second-order valence-corrected chi connectivity index (χ2v) is 13.7. The zero-order valence-corrected chi connectivity index (χ0v) is 23.2. The molecule has 204 valence electrons. The molecular weight excluding hydrogens is 452 g/mol. The lowest BCUT2D eigenvalue weighted by Crippen LogP contribution is -2.61. The Morgan fingerprint density at radius 1 is 1.06 bits per heavy atom. The third-order valence-corrected chi connectivity index (χ3v) is 12.2. The molecule has 1 saturated heterocycles. The molecule has 4 aliphatic carbocycles. The summed E-state index contributed by atoms with van der Waals surface area (Å²) in [5.74, 6) is 2.57. The fourth-order valence-corrected chi connectivity index (χ4v) is 10.3. The van der Waals surface area contributed by atoms with E-state index < -0.39 is 5.97 Å². The van der Waals surface area contributed by atoms with Gasteiger partial charge >= 0.3 is 5.97 Å². The van der Waals surface area contributed by atoms with Crippen LogP contribution in [0.25, 0.3) is 0 Å². The lowest BCUT2D eigenvalue weighted by molar-refractivity contribution is -0.216. The van der Waals surface area contributed by atoms with Crippen LogP contribution in [0.3, 0.4) is 0 Å². The van der Waals surface area contributed by atoms with E-state index in [-0.39, 0.29) is 41.5 Å². The van der Waals surface area contributed by atoms with Gasteiger partial charge in [-0.25, -0.2) is 0 Å².